The lowest BCUT2D eigenvalue weighted by atomic mass is 10.4. The SMILES string of the molecule is COCCNS(=O)(=O)c1cccc(S(=O)(=O)c2cccc(S(=O)(=O)NCCOC)c2)c1. The Labute approximate surface area is 182 Å². The molecule has 0 unspecified atom stereocenters. The van der Waals surface area contributed by atoms with Crippen LogP contribution < -0.4 is 9.44 Å². The fourth-order valence-corrected chi connectivity index (χ4v) is 6.09. The fraction of sp³-hybridized carbons (Fsp3) is 0.333. The standard InChI is InChI=1S/C18H24N2O8S3/c1-27-11-9-19-30(23,24)17-7-3-5-15(13-17)29(21,22)16-6-4-8-18(14-16)31(25,26)20-10-12-28-2/h3-8,13-14,19-20H,9-12H2,1-2H3. The lowest BCUT2D eigenvalue weighted by Crippen LogP contribution is -2.27. The lowest BCUT2D eigenvalue weighted by molar-refractivity contribution is 0.204. The van der Waals surface area contributed by atoms with Gasteiger partial charge in [-0.2, -0.15) is 0 Å². The second-order valence-corrected chi connectivity index (χ2v) is 11.7. The Hall–Kier alpha value is -1.87. The first kappa shape index (κ1) is 25.4. The summed E-state index contributed by atoms with van der Waals surface area (Å²) in [5, 5.41) is 0. The molecule has 0 heterocycles. The summed E-state index contributed by atoms with van der Waals surface area (Å²) in [6.45, 7) is 0.339. The molecule has 0 aliphatic carbocycles. The molecule has 0 aliphatic rings. The average molecular weight is 493 g/mol. The molecule has 0 saturated heterocycles. The Morgan fingerprint density at radius 3 is 1.35 bits per heavy atom. The van der Waals surface area contributed by atoms with Crippen molar-refractivity contribution in [2.24, 2.45) is 0 Å². The zero-order valence-electron chi connectivity index (χ0n) is 16.9. The van der Waals surface area contributed by atoms with Crippen LogP contribution in [-0.2, 0) is 39.4 Å². The maximum absolute atomic E-state index is 13.0. The molecule has 172 valence electrons. The Balaban J connectivity index is 2.39. The van der Waals surface area contributed by atoms with Gasteiger partial charge in [-0.15, -0.1) is 0 Å². The van der Waals surface area contributed by atoms with E-state index in [2.05, 4.69) is 9.44 Å². The Bertz CT molecular complexity index is 1120. The van der Waals surface area contributed by atoms with Crippen LogP contribution in [-0.4, -0.2) is 65.8 Å². The summed E-state index contributed by atoms with van der Waals surface area (Å²) in [4.78, 5) is -1.06. The molecule has 2 aromatic rings. The van der Waals surface area contributed by atoms with Crippen LogP contribution in [0.3, 0.4) is 0 Å². The van der Waals surface area contributed by atoms with E-state index in [-0.39, 0.29) is 45.9 Å². The third-order valence-electron chi connectivity index (χ3n) is 4.05. The van der Waals surface area contributed by atoms with E-state index in [1.807, 2.05) is 0 Å². The van der Waals surface area contributed by atoms with E-state index in [0.29, 0.717) is 0 Å². The molecule has 0 atom stereocenters. The number of sulfone groups is 1. The number of hydrogen-bond donors (Lipinski definition) is 2. The number of benzene rings is 2. The number of nitrogens with one attached hydrogen (secondary N) is 2. The molecule has 0 radical (unpaired) electrons. The van der Waals surface area contributed by atoms with Crippen LogP contribution in [0.25, 0.3) is 0 Å². The van der Waals surface area contributed by atoms with Crippen molar-refractivity contribution in [3.63, 3.8) is 0 Å². The van der Waals surface area contributed by atoms with E-state index in [9.17, 15) is 25.3 Å². The number of hydrogen-bond acceptors (Lipinski definition) is 8. The molecule has 13 heteroatoms. The third-order valence-corrected chi connectivity index (χ3v) is 8.72. The van der Waals surface area contributed by atoms with E-state index in [4.69, 9.17) is 9.47 Å². The van der Waals surface area contributed by atoms with Crippen LogP contribution in [0.15, 0.2) is 68.1 Å². The molecular formula is C18H24N2O8S3. The molecule has 0 bridgehead atoms. The normalized spacial score (nSPS) is 12.7. The van der Waals surface area contributed by atoms with Gasteiger partial charge >= 0.3 is 0 Å². The number of ether oxygens (including phenoxy) is 2. The maximum Gasteiger partial charge on any atom is 0.240 e. The number of rotatable bonds is 12. The number of sulfonamides is 2. The predicted molar refractivity (Wildman–Crippen MR) is 112 cm³/mol. The maximum atomic E-state index is 13.0. The third kappa shape index (κ3) is 6.55. The van der Waals surface area contributed by atoms with Crippen molar-refractivity contribution in [3.05, 3.63) is 48.5 Å². The molecule has 2 aromatic carbocycles. The summed E-state index contributed by atoms with van der Waals surface area (Å²) in [5.41, 5.74) is 0. The summed E-state index contributed by atoms with van der Waals surface area (Å²) in [5.74, 6) is 0. The molecule has 0 spiro atoms. The highest BCUT2D eigenvalue weighted by molar-refractivity contribution is 7.92. The predicted octanol–water partition coefficient (Wildman–Crippen LogP) is 0.369. The molecule has 31 heavy (non-hydrogen) atoms. The van der Waals surface area contributed by atoms with Crippen LogP contribution in [0.4, 0.5) is 0 Å². The van der Waals surface area contributed by atoms with E-state index >= 15 is 0 Å². The molecule has 10 nitrogen and oxygen atoms in total. The minimum atomic E-state index is -4.19. The molecule has 2 N–H and O–H groups in total. The van der Waals surface area contributed by atoms with Gasteiger partial charge in [-0.1, -0.05) is 12.1 Å². The highest BCUT2D eigenvalue weighted by atomic mass is 32.2. The van der Waals surface area contributed by atoms with Gasteiger partial charge in [0, 0.05) is 27.3 Å². The van der Waals surface area contributed by atoms with Crippen LogP contribution in [0.1, 0.15) is 0 Å². The zero-order chi connectivity index (χ0) is 23.1. The summed E-state index contributed by atoms with van der Waals surface area (Å²) < 4.78 is 89.8. The van der Waals surface area contributed by atoms with Gasteiger partial charge in [0.15, 0.2) is 0 Å². The Kier molecular flexibility index (Phi) is 8.71. The monoisotopic (exact) mass is 492 g/mol. The minimum absolute atomic E-state index is 0.0196. The average Bonchev–Trinajstić information content (AvgIpc) is 2.74. The van der Waals surface area contributed by atoms with Gasteiger partial charge in [0.2, 0.25) is 29.9 Å². The van der Waals surface area contributed by atoms with Crippen molar-refractivity contribution in [3.8, 4) is 0 Å². The second-order valence-electron chi connectivity index (χ2n) is 6.23. The molecule has 2 rings (SSSR count). The summed E-state index contributed by atoms with van der Waals surface area (Å²) >= 11 is 0. The highest BCUT2D eigenvalue weighted by Crippen LogP contribution is 2.25. The molecule has 0 aromatic heterocycles. The van der Waals surface area contributed by atoms with Crippen LogP contribution in [0.2, 0.25) is 0 Å². The van der Waals surface area contributed by atoms with Crippen molar-refractivity contribution >= 4 is 29.9 Å². The smallest absolute Gasteiger partial charge is 0.240 e. The van der Waals surface area contributed by atoms with Gasteiger partial charge < -0.3 is 9.47 Å². The van der Waals surface area contributed by atoms with Crippen molar-refractivity contribution < 1.29 is 34.7 Å². The first-order chi connectivity index (χ1) is 14.5. The minimum Gasteiger partial charge on any atom is -0.383 e. The molecule has 0 fully saturated rings. The van der Waals surface area contributed by atoms with Crippen LogP contribution >= 0.6 is 0 Å². The molecule has 0 aliphatic heterocycles. The van der Waals surface area contributed by atoms with Gasteiger partial charge in [-0.3, -0.25) is 0 Å². The molecule has 0 amide bonds. The largest absolute Gasteiger partial charge is 0.383 e. The van der Waals surface area contributed by atoms with Gasteiger partial charge in [0.25, 0.3) is 0 Å². The van der Waals surface area contributed by atoms with Gasteiger partial charge in [-0.25, -0.2) is 34.7 Å². The van der Waals surface area contributed by atoms with Crippen molar-refractivity contribution in [1.82, 2.24) is 9.44 Å². The summed E-state index contributed by atoms with van der Waals surface area (Å²) in [6, 6.07) is 9.62. The lowest BCUT2D eigenvalue weighted by Gasteiger charge is -2.11. The van der Waals surface area contributed by atoms with E-state index < -0.39 is 29.9 Å². The van der Waals surface area contributed by atoms with Gasteiger partial charge in [0.05, 0.1) is 32.8 Å². The van der Waals surface area contributed by atoms with Gasteiger partial charge in [0.1, 0.15) is 0 Å². The molecular weight excluding hydrogens is 468 g/mol. The fourth-order valence-electron chi connectivity index (χ4n) is 2.48. The summed E-state index contributed by atoms with van der Waals surface area (Å²) in [7, 11) is -9.26. The van der Waals surface area contributed by atoms with Crippen molar-refractivity contribution in [2.75, 3.05) is 40.5 Å². The van der Waals surface area contributed by atoms with Crippen molar-refractivity contribution in [1.29, 1.82) is 0 Å². The second kappa shape index (κ2) is 10.6. The van der Waals surface area contributed by atoms with Crippen LogP contribution in [0.5, 0.6) is 0 Å². The van der Waals surface area contributed by atoms with Gasteiger partial charge in [-0.05, 0) is 36.4 Å². The summed E-state index contributed by atoms with van der Waals surface area (Å²) in [6.07, 6.45) is 0. The number of methoxy groups -OCH3 is 2. The quantitative estimate of drug-likeness (QED) is 0.404. The zero-order valence-corrected chi connectivity index (χ0v) is 19.4. The van der Waals surface area contributed by atoms with E-state index in [0.717, 1.165) is 12.1 Å². The Morgan fingerprint density at radius 2 is 1.00 bits per heavy atom. The van der Waals surface area contributed by atoms with E-state index in [1.54, 1.807) is 0 Å². The topological polar surface area (TPSA) is 145 Å². The first-order valence-corrected chi connectivity index (χ1v) is 13.4. The van der Waals surface area contributed by atoms with Crippen molar-refractivity contribution in [2.45, 2.75) is 19.6 Å². The Morgan fingerprint density at radius 1 is 0.645 bits per heavy atom. The van der Waals surface area contributed by atoms with E-state index in [1.165, 1.54) is 50.6 Å². The first-order valence-electron chi connectivity index (χ1n) is 8.97. The highest BCUT2D eigenvalue weighted by Gasteiger charge is 2.23. The molecule has 0 saturated carbocycles. The van der Waals surface area contributed by atoms with Crippen LogP contribution in [0, 0.1) is 0 Å².